The van der Waals surface area contributed by atoms with Crippen molar-refractivity contribution in [3.63, 3.8) is 0 Å². The van der Waals surface area contributed by atoms with Crippen molar-refractivity contribution < 1.29 is 31.2 Å². The molecule has 3 aromatic carbocycles. The molecule has 0 aromatic heterocycles. The number of nitrogens with one attached hydrogen (secondary N) is 3. The number of sulfone groups is 1. The normalized spacial score (nSPS) is 15.9. The van der Waals surface area contributed by atoms with Crippen LogP contribution < -0.4 is 16.1 Å². The van der Waals surface area contributed by atoms with Crippen LogP contribution in [0.2, 0.25) is 5.02 Å². The van der Waals surface area contributed by atoms with Crippen molar-refractivity contribution in [2.45, 2.75) is 29.3 Å². The molecule has 38 heavy (non-hydrogen) atoms. The summed E-state index contributed by atoms with van der Waals surface area (Å²) in [6, 6.07) is 13.6. The van der Waals surface area contributed by atoms with Gasteiger partial charge in [0.05, 0.1) is 26.1 Å². The number of hydrazone groups is 1. The Morgan fingerprint density at radius 1 is 1.00 bits per heavy atom. The fourth-order valence-electron chi connectivity index (χ4n) is 3.79. The Morgan fingerprint density at radius 3 is 2.32 bits per heavy atom. The van der Waals surface area contributed by atoms with E-state index >= 15 is 0 Å². The number of carbonyl (C=O) groups is 2. The third-order valence-electron chi connectivity index (χ3n) is 5.65. The molecule has 13 heteroatoms. The van der Waals surface area contributed by atoms with Crippen molar-refractivity contribution in [1.82, 2.24) is 5.43 Å². The molecule has 3 N–H and O–H groups in total. The van der Waals surface area contributed by atoms with Gasteiger partial charge in [-0.25, -0.2) is 18.6 Å². The summed E-state index contributed by atoms with van der Waals surface area (Å²) in [6.45, 7) is 1.87. The number of benzene rings is 3. The Kier molecular flexibility index (Phi) is 7.47. The Bertz CT molecular complexity index is 1540. The van der Waals surface area contributed by atoms with Crippen LogP contribution in [0.15, 0.2) is 81.6 Å². The molecule has 0 aliphatic carbocycles. The number of rotatable bonds is 5. The molecule has 3 aromatic rings. The maximum atomic E-state index is 13.2. The van der Waals surface area contributed by atoms with Crippen LogP contribution >= 0.6 is 11.6 Å². The molecule has 4 rings (SSSR count). The molecule has 1 unspecified atom stereocenters. The van der Waals surface area contributed by atoms with Crippen LogP contribution in [0.3, 0.4) is 0 Å². The van der Waals surface area contributed by atoms with Gasteiger partial charge in [-0.2, -0.15) is 18.3 Å². The van der Waals surface area contributed by atoms with Gasteiger partial charge in [-0.15, -0.1) is 0 Å². The van der Waals surface area contributed by atoms with E-state index < -0.39 is 37.5 Å². The molecule has 1 heterocycles. The summed E-state index contributed by atoms with van der Waals surface area (Å²) in [6.07, 6.45) is -4.52. The Hall–Kier alpha value is -3.90. The largest absolute Gasteiger partial charge is 0.417 e. The second kappa shape index (κ2) is 10.5. The highest BCUT2D eigenvalue weighted by atomic mass is 35.5. The summed E-state index contributed by atoms with van der Waals surface area (Å²) < 4.78 is 65.2. The number of anilines is 2. The van der Waals surface area contributed by atoms with Crippen LogP contribution in [0.1, 0.15) is 24.5 Å². The third-order valence-corrected chi connectivity index (χ3v) is 7.75. The van der Waals surface area contributed by atoms with E-state index in [9.17, 15) is 31.2 Å². The summed E-state index contributed by atoms with van der Waals surface area (Å²) in [4.78, 5) is 23.2. The standard InChI is InChI=1S/C25H20ClF3N4O4S/c1-14-11-22(34)32-33-23(14)15-3-2-4-17(12-15)31-24(35)30-16-5-7-18(8-6-16)38(36,37)19-9-10-21(26)20(13-19)25(27,28)29/h2-10,12-14H,11H2,1H3,(H,32,34)(H2,30,31,35). The quantitative estimate of drug-likeness (QED) is 0.369. The van der Waals surface area contributed by atoms with Crippen molar-refractivity contribution in [3.8, 4) is 0 Å². The minimum absolute atomic E-state index is 0.101. The second-order valence-corrected chi connectivity index (χ2v) is 10.8. The molecule has 198 valence electrons. The zero-order chi connectivity index (χ0) is 27.7. The highest BCUT2D eigenvalue weighted by molar-refractivity contribution is 7.91. The predicted octanol–water partition coefficient (Wildman–Crippen LogP) is 5.70. The van der Waals surface area contributed by atoms with Crippen LogP contribution in [0.5, 0.6) is 0 Å². The fraction of sp³-hybridized carbons (Fsp3) is 0.160. The number of nitrogens with zero attached hydrogens (tertiary/aromatic N) is 1. The fourth-order valence-corrected chi connectivity index (χ4v) is 5.31. The number of amides is 3. The van der Waals surface area contributed by atoms with Gasteiger partial charge in [0.15, 0.2) is 0 Å². The molecule has 0 bridgehead atoms. The number of hydrogen-bond acceptors (Lipinski definition) is 5. The molecular weight excluding hydrogens is 545 g/mol. The molecule has 0 saturated heterocycles. The number of carbonyl (C=O) groups excluding carboxylic acids is 2. The SMILES string of the molecule is CC1CC(=O)NN=C1c1cccc(NC(=O)Nc2ccc(S(=O)(=O)c3ccc(Cl)c(C(F)(F)F)c3)cc2)c1. The van der Waals surface area contributed by atoms with Gasteiger partial charge in [-0.05, 0) is 54.6 Å². The van der Waals surface area contributed by atoms with Crippen molar-refractivity contribution in [1.29, 1.82) is 0 Å². The van der Waals surface area contributed by atoms with E-state index in [2.05, 4.69) is 21.2 Å². The van der Waals surface area contributed by atoms with E-state index in [4.69, 9.17) is 11.6 Å². The highest BCUT2D eigenvalue weighted by Crippen LogP contribution is 2.37. The number of alkyl halides is 3. The molecule has 0 spiro atoms. The third kappa shape index (κ3) is 5.97. The molecule has 3 amide bonds. The predicted molar refractivity (Wildman–Crippen MR) is 136 cm³/mol. The van der Waals surface area contributed by atoms with Crippen molar-refractivity contribution in [3.05, 3.63) is 82.9 Å². The van der Waals surface area contributed by atoms with Gasteiger partial charge in [0, 0.05) is 29.3 Å². The van der Waals surface area contributed by atoms with Gasteiger partial charge in [-0.3, -0.25) is 4.79 Å². The average molecular weight is 565 g/mol. The Morgan fingerprint density at radius 2 is 1.66 bits per heavy atom. The molecule has 0 fully saturated rings. The van der Waals surface area contributed by atoms with E-state index in [1.165, 1.54) is 24.3 Å². The zero-order valence-corrected chi connectivity index (χ0v) is 21.2. The van der Waals surface area contributed by atoms with E-state index in [1.807, 2.05) is 6.92 Å². The second-order valence-electron chi connectivity index (χ2n) is 8.46. The first-order valence-electron chi connectivity index (χ1n) is 11.1. The van der Waals surface area contributed by atoms with E-state index in [0.29, 0.717) is 23.9 Å². The summed E-state index contributed by atoms with van der Waals surface area (Å²) in [5.41, 5.74) is 3.28. The van der Waals surface area contributed by atoms with Crippen LogP contribution in [-0.2, 0) is 20.8 Å². The van der Waals surface area contributed by atoms with E-state index in [0.717, 1.165) is 17.7 Å². The van der Waals surface area contributed by atoms with Crippen LogP contribution in [0.4, 0.5) is 29.3 Å². The number of halogens is 4. The van der Waals surface area contributed by atoms with Gasteiger partial charge in [-0.1, -0.05) is 30.7 Å². The lowest BCUT2D eigenvalue weighted by Gasteiger charge is -2.19. The lowest BCUT2D eigenvalue weighted by Crippen LogP contribution is -2.32. The van der Waals surface area contributed by atoms with Crippen LogP contribution in [0.25, 0.3) is 0 Å². The van der Waals surface area contributed by atoms with Crippen molar-refractivity contribution in [2.24, 2.45) is 11.0 Å². The molecule has 1 atom stereocenters. The summed E-state index contributed by atoms with van der Waals surface area (Å²) in [7, 11) is -4.28. The van der Waals surface area contributed by atoms with E-state index in [1.54, 1.807) is 24.3 Å². The maximum absolute atomic E-state index is 13.2. The monoisotopic (exact) mass is 564 g/mol. The molecule has 0 radical (unpaired) electrons. The van der Waals surface area contributed by atoms with Crippen LogP contribution in [-0.4, -0.2) is 26.1 Å². The van der Waals surface area contributed by atoms with Gasteiger partial charge < -0.3 is 10.6 Å². The van der Waals surface area contributed by atoms with Gasteiger partial charge in [0.25, 0.3) is 0 Å². The molecule has 0 saturated carbocycles. The van der Waals surface area contributed by atoms with Gasteiger partial charge in [0.2, 0.25) is 15.7 Å². The van der Waals surface area contributed by atoms with Gasteiger partial charge in [0.1, 0.15) is 0 Å². The number of hydrogen-bond donors (Lipinski definition) is 3. The smallest absolute Gasteiger partial charge is 0.308 e. The molecule has 1 aliphatic rings. The summed E-state index contributed by atoms with van der Waals surface area (Å²) in [5, 5.41) is 8.71. The highest BCUT2D eigenvalue weighted by Gasteiger charge is 2.34. The lowest BCUT2D eigenvalue weighted by molar-refractivity contribution is -0.137. The average Bonchev–Trinajstić information content (AvgIpc) is 2.84. The zero-order valence-electron chi connectivity index (χ0n) is 19.6. The maximum Gasteiger partial charge on any atom is 0.417 e. The minimum atomic E-state index is -4.82. The molecular formula is C25H20ClF3N4O4S. The van der Waals surface area contributed by atoms with E-state index in [-0.39, 0.29) is 22.4 Å². The van der Waals surface area contributed by atoms with Gasteiger partial charge >= 0.3 is 12.2 Å². The first-order chi connectivity index (χ1) is 17.8. The Labute approximate surface area is 220 Å². The summed E-state index contributed by atoms with van der Waals surface area (Å²) >= 11 is 5.58. The van der Waals surface area contributed by atoms with Crippen LogP contribution in [0, 0.1) is 5.92 Å². The summed E-state index contributed by atoms with van der Waals surface area (Å²) in [5.74, 6) is -0.275. The first-order valence-corrected chi connectivity index (χ1v) is 13.0. The van der Waals surface area contributed by atoms with Crippen molar-refractivity contribution >= 4 is 50.5 Å². The minimum Gasteiger partial charge on any atom is -0.308 e. The molecule has 1 aliphatic heterocycles. The topological polar surface area (TPSA) is 117 Å². The first kappa shape index (κ1) is 27.1. The Balaban J connectivity index is 1.46. The lowest BCUT2D eigenvalue weighted by atomic mass is 9.94. The van der Waals surface area contributed by atoms with Crippen molar-refractivity contribution in [2.75, 3.05) is 10.6 Å². The number of urea groups is 1. The molecule has 8 nitrogen and oxygen atoms in total.